The maximum absolute atomic E-state index is 12.2. The van der Waals surface area contributed by atoms with E-state index in [4.69, 9.17) is 0 Å². The Kier molecular flexibility index (Phi) is 6.23. The molecule has 3 rings (SSSR count). The molecular formula is C20H28N4O. The second-order valence-corrected chi connectivity index (χ2v) is 6.91. The minimum atomic E-state index is -0.246. The van der Waals surface area contributed by atoms with Crippen LogP contribution in [0.5, 0.6) is 0 Å². The molecule has 5 nitrogen and oxygen atoms in total. The van der Waals surface area contributed by atoms with Crippen molar-refractivity contribution in [2.75, 3.05) is 13.1 Å². The van der Waals surface area contributed by atoms with Crippen molar-refractivity contribution in [2.45, 2.75) is 51.7 Å². The minimum Gasteiger partial charge on any atom is -0.350 e. The zero-order valence-electron chi connectivity index (χ0n) is 15.0. The summed E-state index contributed by atoms with van der Waals surface area (Å²) in [7, 11) is 0. The van der Waals surface area contributed by atoms with Gasteiger partial charge in [-0.3, -0.25) is 9.69 Å². The molecule has 5 heteroatoms. The third-order valence-electron chi connectivity index (χ3n) is 4.95. The molecule has 1 aliphatic rings. The second-order valence-electron chi connectivity index (χ2n) is 6.91. The zero-order valence-corrected chi connectivity index (χ0v) is 15.0. The van der Waals surface area contributed by atoms with Crippen LogP contribution in [-0.2, 0) is 17.9 Å². The van der Waals surface area contributed by atoms with Crippen LogP contribution in [0.3, 0.4) is 0 Å². The average Bonchev–Trinajstić information content (AvgIpc) is 3.06. The van der Waals surface area contributed by atoms with Crippen LogP contribution < -0.4 is 5.32 Å². The van der Waals surface area contributed by atoms with Gasteiger partial charge in [0, 0.05) is 25.5 Å². The lowest BCUT2D eigenvalue weighted by Crippen LogP contribution is -2.30. The summed E-state index contributed by atoms with van der Waals surface area (Å²) >= 11 is 0. The van der Waals surface area contributed by atoms with Crippen LogP contribution in [-0.4, -0.2) is 33.4 Å². The molecule has 0 bridgehead atoms. The maximum atomic E-state index is 12.2. The predicted octanol–water partition coefficient (Wildman–Crippen LogP) is 3.14. The topological polar surface area (TPSA) is 50.2 Å². The Hall–Kier alpha value is -2.14. The molecule has 1 saturated heterocycles. The van der Waals surface area contributed by atoms with E-state index in [0.717, 1.165) is 12.1 Å². The number of carbonyl (C=O) groups excluding carboxylic acids is 1. The van der Waals surface area contributed by atoms with Gasteiger partial charge in [0.25, 0.3) is 0 Å². The van der Waals surface area contributed by atoms with Gasteiger partial charge in [0.05, 0.1) is 6.33 Å². The van der Waals surface area contributed by atoms with Gasteiger partial charge in [-0.05, 0) is 44.0 Å². The van der Waals surface area contributed by atoms with Gasteiger partial charge in [-0.15, -0.1) is 0 Å². The first-order valence-electron chi connectivity index (χ1n) is 9.28. The van der Waals surface area contributed by atoms with Crippen LogP contribution in [0.25, 0.3) is 0 Å². The van der Waals surface area contributed by atoms with E-state index in [1.165, 1.54) is 44.3 Å². The third kappa shape index (κ3) is 5.16. The molecule has 1 amide bonds. The first-order valence-corrected chi connectivity index (χ1v) is 9.28. The fourth-order valence-corrected chi connectivity index (χ4v) is 3.29. The summed E-state index contributed by atoms with van der Waals surface area (Å²) < 4.78 is 1.81. The molecule has 1 N–H and O–H groups in total. The summed E-state index contributed by atoms with van der Waals surface area (Å²) in [6, 6.07) is 8.37. The number of nitrogens with zero attached hydrogens (tertiary/aromatic N) is 3. The molecule has 1 atom stereocenters. The number of benzene rings is 1. The molecule has 134 valence electrons. The average molecular weight is 340 g/mol. The van der Waals surface area contributed by atoms with Crippen molar-refractivity contribution < 1.29 is 4.79 Å². The Morgan fingerprint density at radius 3 is 2.44 bits per heavy atom. The van der Waals surface area contributed by atoms with Gasteiger partial charge in [-0.1, -0.05) is 37.1 Å². The quantitative estimate of drug-likeness (QED) is 0.879. The van der Waals surface area contributed by atoms with E-state index in [1.54, 1.807) is 17.1 Å². The Morgan fingerprint density at radius 2 is 1.80 bits per heavy atom. The lowest BCUT2D eigenvalue weighted by Gasteiger charge is -2.20. The smallest absolute Gasteiger partial charge is 0.243 e. The minimum absolute atomic E-state index is 0.00615. The number of nitrogens with one attached hydrogen (secondary N) is 1. The van der Waals surface area contributed by atoms with E-state index in [0.29, 0.717) is 6.54 Å². The van der Waals surface area contributed by atoms with Crippen LogP contribution in [0.4, 0.5) is 0 Å². The highest BCUT2D eigenvalue weighted by Gasteiger charge is 2.13. The van der Waals surface area contributed by atoms with E-state index in [2.05, 4.69) is 39.5 Å². The van der Waals surface area contributed by atoms with E-state index >= 15 is 0 Å². The van der Waals surface area contributed by atoms with Gasteiger partial charge >= 0.3 is 0 Å². The molecule has 0 radical (unpaired) electrons. The van der Waals surface area contributed by atoms with Crippen molar-refractivity contribution in [1.29, 1.82) is 0 Å². The molecule has 1 aromatic carbocycles. The van der Waals surface area contributed by atoms with Crippen LogP contribution in [0.1, 0.15) is 49.8 Å². The summed E-state index contributed by atoms with van der Waals surface area (Å²) in [6.07, 6.45) is 10.5. The number of likely N-dealkylation sites (tertiary alicyclic amines) is 1. The van der Waals surface area contributed by atoms with Crippen LogP contribution in [0, 0.1) is 0 Å². The van der Waals surface area contributed by atoms with Gasteiger partial charge in [0.2, 0.25) is 5.91 Å². The number of aromatic nitrogens is 2. The van der Waals surface area contributed by atoms with Crippen molar-refractivity contribution in [3.8, 4) is 0 Å². The van der Waals surface area contributed by atoms with Gasteiger partial charge in [-0.25, -0.2) is 4.98 Å². The Labute approximate surface area is 150 Å². The van der Waals surface area contributed by atoms with Crippen molar-refractivity contribution in [3.05, 3.63) is 54.1 Å². The lowest BCUT2D eigenvalue weighted by atomic mass is 10.1. The van der Waals surface area contributed by atoms with Crippen molar-refractivity contribution >= 4 is 5.91 Å². The molecule has 1 aliphatic heterocycles. The fraction of sp³-hybridized carbons (Fsp3) is 0.500. The fourth-order valence-electron chi connectivity index (χ4n) is 3.29. The molecule has 2 aromatic rings. The lowest BCUT2D eigenvalue weighted by molar-refractivity contribution is -0.124. The Morgan fingerprint density at radius 1 is 1.12 bits per heavy atom. The molecule has 2 heterocycles. The highest BCUT2D eigenvalue weighted by molar-refractivity contribution is 5.79. The maximum Gasteiger partial charge on any atom is 0.243 e. The highest BCUT2D eigenvalue weighted by atomic mass is 16.2. The molecular weight excluding hydrogens is 312 g/mol. The molecule has 25 heavy (non-hydrogen) atoms. The number of imidazole rings is 1. The zero-order chi connectivity index (χ0) is 17.5. The van der Waals surface area contributed by atoms with E-state index in [1.807, 2.05) is 13.1 Å². The molecule has 0 saturated carbocycles. The number of hydrogen-bond acceptors (Lipinski definition) is 3. The van der Waals surface area contributed by atoms with Crippen molar-refractivity contribution in [2.24, 2.45) is 0 Å². The molecule has 0 aliphatic carbocycles. The molecule has 1 fully saturated rings. The van der Waals surface area contributed by atoms with Crippen molar-refractivity contribution in [3.63, 3.8) is 0 Å². The largest absolute Gasteiger partial charge is 0.350 e. The monoisotopic (exact) mass is 340 g/mol. The normalized spacial score (nSPS) is 17.0. The summed E-state index contributed by atoms with van der Waals surface area (Å²) in [5, 5.41) is 3.00. The Bertz CT molecular complexity index is 643. The molecule has 0 spiro atoms. The summed E-state index contributed by atoms with van der Waals surface area (Å²) in [4.78, 5) is 18.7. The third-order valence-corrected chi connectivity index (χ3v) is 4.95. The number of rotatable bonds is 6. The number of hydrogen-bond donors (Lipinski definition) is 1. The van der Waals surface area contributed by atoms with E-state index in [9.17, 15) is 4.79 Å². The SMILES string of the molecule is C[C@@H](C(=O)NCc1ccc(CN2CCCCCC2)cc1)n1ccnc1. The van der Waals surface area contributed by atoms with Crippen molar-refractivity contribution in [1.82, 2.24) is 19.8 Å². The Balaban J connectivity index is 1.48. The molecule has 1 aromatic heterocycles. The summed E-state index contributed by atoms with van der Waals surface area (Å²) in [6.45, 7) is 5.89. The van der Waals surface area contributed by atoms with Gasteiger partial charge in [0.15, 0.2) is 0 Å². The second kappa shape index (κ2) is 8.81. The van der Waals surface area contributed by atoms with Gasteiger partial charge < -0.3 is 9.88 Å². The summed E-state index contributed by atoms with van der Waals surface area (Å²) in [5.41, 5.74) is 2.48. The van der Waals surface area contributed by atoms with Gasteiger partial charge in [0.1, 0.15) is 6.04 Å². The van der Waals surface area contributed by atoms with Crippen LogP contribution >= 0.6 is 0 Å². The summed E-state index contributed by atoms with van der Waals surface area (Å²) in [5.74, 6) is 0.00615. The standard InChI is InChI=1S/C20H28N4O/c1-17(24-13-10-21-16-24)20(25)22-14-18-6-8-19(9-7-18)15-23-11-4-2-3-5-12-23/h6-10,13,16-17H,2-5,11-12,14-15H2,1H3,(H,22,25)/t17-/m0/s1. The first kappa shape index (κ1) is 17.7. The van der Waals surface area contributed by atoms with E-state index < -0.39 is 0 Å². The van der Waals surface area contributed by atoms with Crippen LogP contribution in [0.2, 0.25) is 0 Å². The predicted molar refractivity (Wildman–Crippen MR) is 99.0 cm³/mol. The van der Waals surface area contributed by atoms with Crippen LogP contribution in [0.15, 0.2) is 43.0 Å². The first-order chi connectivity index (χ1) is 12.2. The number of amides is 1. The highest BCUT2D eigenvalue weighted by Crippen LogP contribution is 2.14. The number of carbonyl (C=O) groups is 1. The van der Waals surface area contributed by atoms with E-state index in [-0.39, 0.29) is 11.9 Å². The van der Waals surface area contributed by atoms with Gasteiger partial charge in [-0.2, -0.15) is 0 Å². The molecule has 0 unspecified atom stereocenters.